The summed E-state index contributed by atoms with van der Waals surface area (Å²) < 4.78 is 94.8. The fourth-order valence-corrected chi connectivity index (χ4v) is 20.9. The van der Waals surface area contributed by atoms with Crippen LogP contribution in [-0.2, 0) is 92.2 Å². The Balaban J connectivity index is 0.000000368. The lowest BCUT2D eigenvalue weighted by atomic mass is 9.73. The number of cyclic esters (lactones) is 2. The van der Waals surface area contributed by atoms with Crippen LogP contribution >= 0.6 is 0 Å². The zero-order valence-corrected chi connectivity index (χ0v) is 84.2. The lowest BCUT2D eigenvalue weighted by molar-refractivity contribution is -0.295. The number of alkyl halides is 1. The number of nitrogens with one attached hydrogen (secondary N) is 2. The van der Waals surface area contributed by atoms with Crippen LogP contribution < -0.4 is 22.4 Å². The van der Waals surface area contributed by atoms with E-state index in [-0.39, 0.29) is 84.4 Å². The fraction of sp³-hybridized carbons (Fsp3) is 0.620. The number of hydrogen-bond donors (Lipinski definition) is 4. The predicted octanol–water partition coefficient (Wildman–Crippen LogP) is 8.91. The number of aryl methyl sites for hydroxylation is 1. The van der Waals surface area contributed by atoms with Gasteiger partial charge in [0.05, 0.1) is 82.8 Å². The molecule has 772 valence electrons. The first-order chi connectivity index (χ1) is 63.8. The zero-order valence-electron chi connectivity index (χ0n) is 84.2. The fourth-order valence-electron chi connectivity index (χ4n) is 20.9. The van der Waals surface area contributed by atoms with Crippen LogP contribution in [-0.4, -0.2) is 296 Å². The highest BCUT2D eigenvalue weighted by Gasteiger charge is 2.64. The molecule has 5 aromatic rings. The number of esters is 4. The van der Waals surface area contributed by atoms with Crippen molar-refractivity contribution in [3.8, 4) is 11.3 Å². The second-order valence-corrected chi connectivity index (χ2v) is 39.0. The number of carbonyl (C=O) groups is 10. The van der Waals surface area contributed by atoms with Gasteiger partial charge in [-0.2, -0.15) is 0 Å². The molecule has 0 aliphatic carbocycles. The Morgan fingerprint density at radius 1 is 0.540 bits per heavy atom. The Hall–Kier alpha value is -10.5. The van der Waals surface area contributed by atoms with Gasteiger partial charge in [-0.15, -0.1) is 10.6 Å². The number of hydrazine groups is 2. The van der Waals surface area contributed by atoms with E-state index in [2.05, 4.69) is 21.3 Å². The van der Waals surface area contributed by atoms with Gasteiger partial charge in [0.15, 0.2) is 47.6 Å². The second kappa shape index (κ2) is 48.8. The van der Waals surface area contributed by atoms with E-state index < -0.39 is 191 Å². The molecule has 0 bridgehead atoms. The Morgan fingerprint density at radius 3 is 1.40 bits per heavy atom. The number of amides is 2. The molecule has 139 heavy (non-hydrogen) atoms. The number of aromatic nitrogens is 3. The number of anilines is 2. The highest BCUT2D eigenvalue weighted by Crippen LogP contribution is 2.48. The number of nitrogen functional groups attached to an aromatic ring is 2. The van der Waals surface area contributed by atoms with E-state index in [1.54, 1.807) is 146 Å². The Labute approximate surface area is 813 Å². The number of nitrogens with zero attached hydrogens (tertiary/aromatic N) is 8. The van der Waals surface area contributed by atoms with Crippen molar-refractivity contribution in [1.29, 1.82) is 0 Å². The first-order valence-corrected chi connectivity index (χ1v) is 47.2. The summed E-state index contributed by atoms with van der Waals surface area (Å²) in [5, 5.41) is 10.5. The molecule has 39 heteroatoms. The van der Waals surface area contributed by atoms with Crippen LogP contribution in [0.2, 0.25) is 0 Å². The lowest BCUT2D eigenvalue weighted by Crippen LogP contribution is -2.62. The zero-order chi connectivity index (χ0) is 98.8. The van der Waals surface area contributed by atoms with E-state index in [4.69, 9.17) is 68.3 Å². The Kier molecular flexibility index (Phi) is 40.5. The monoisotopic (exact) mass is 1950 g/mol. The molecule has 4 aromatic carbocycles. The van der Waals surface area contributed by atoms with Crippen LogP contribution in [0, 0.1) is 41.4 Å². The number of unbranched alkanes of at least 4 members (excludes halogenated alkanes) is 2. The molecule has 14 N–H and O–H groups in total. The quantitative estimate of drug-likeness (QED) is 0.0132. The minimum absolute atomic E-state index is 0. The number of carbonyl (C=O) groups excluding carboxylic acids is 10. The molecule has 7 aliphatic rings. The molecule has 8 heterocycles. The number of rotatable bonds is 26. The van der Waals surface area contributed by atoms with E-state index >= 15 is 4.39 Å². The van der Waals surface area contributed by atoms with Crippen LogP contribution in [0.4, 0.5) is 25.4 Å². The van der Waals surface area contributed by atoms with E-state index in [1.807, 2.05) is 119 Å². The van der Waals surface area contributed by atoms with E-state index in [1.165, 1.54) is 33.0 Å². The summed E-state index contributed by atoms with van der Waals surface area (Å²) in [6, 6.07) is 29.4. The van der Waals surface area contributed by atoms with Gasteiger partial charge >= 0.3 is 36.1 Å². The van der Waals surface area contributed by atoms with Gasteiger partial charge in [0.25, 0.3) is 5.67 Å². The van der Waals surface area contributed by atoms with Gasteiger partial charge in [-0.1, -0.05) is 121 Å². The summed E-state index contributed by atoms with van der Waals surface area (Å²) >= 11 is 0. The second-order valence-electron chi connectivity index (χ2n) is 39.0. The summed E-state index contributed by atoms with van der Waals surface area (Å²) in [6.07, 6.45) is -4.04. The van der Waals surface area contributed by atoms with Gasteiger partial charge in [-0.25, -0.2) is 28.4 Å². The maximum atomic E-state index is 17.2. The predicted molar refractivity (Wildman–Crippen MR) is 513 cm³/mol. The van der Waals surface area contributed by atoms with Gasteiger partial charge < -0.3 is 115 Å². The topological polar surface area (TPSA) is 530 Å². The molecule has 6 fully saturated rings. The normalized spacial score (nSPS) is 33.1. The number of fused-ring (bicyclic) bond motifs is 2. The summed E-state index contributed by atoms with van der Waals surface area (Å²) in [6.45, 7) is 27.9. The third-order valence-electron chi connectivity index (χ3n) is 28.4. The van der Waals surface area contributed by atoms with Gasteiger partial charge in [-0.3, -0.25) is 33.7 Å². The number of nitrogens with two attached hydrogens (primary N) is 2. The van der Waals surface area contributed by atoms with Crippen LogP contribution in [0.15, 0.2) is 122 Å². The number of hydrogen-bond acceptors (Lipinski definition) is 31. The van der Waals surface area contributed by atoms with Crippen LogP contribution in [0.25, 0.3) is 17.0 Å². The Bertz CT molecular complexity index is 5020. The molecule has 4 unspecified atom stereocenters. The molecule has 0 saturated carbocycles. The molecular weight excluding hydrogens is 1800 g/mol. The average molecular weight is 1950 g/mol. The van der Waals surface area contributed by atoms with Crippen molar-refractivity contribution < 1.29 is 131 Å². The number of halogens is 1. The molecule has 1 aromatic heterocycles. The highest BCUT2D eigenvalue weighted by molar-refractivity contribution is 6.08. The van der Waals surface area contributed by atoms with Crippen molar-refractivity contribution in [2.75, 3.05) is 73.5 Å². The number of benzene rings is 4. The number of Topliss-reactive ketones (excluding diaryl/α,β-unsaturated/α-hetero) is 4. The maximum absolute atomic E-state index is 17.2. The minimum Gasteiger partial charge on any atom is -0.458 e. The largest absolute Gasteiger partial charge is 0.458 e. The molecule has 2 amide bonds. The molecule has 38 nitrogen and oxygen atoms in total. The van der Waals surface area contributed by atoms with Gasteiger partial charge in [0.1, 0.15) is 35.4 Å². The highest BCUT2D eigenvalue weighted by atomic mass is 19.1. The van der Waals surface area contributed by atoms with Gasteiger partial charge in [0, 0.05) is 105 Å². The van der Waals surface area contributed by atoms with E-state index in [0.717, 1.165) is 23.7 Å². The van der Waals surface area contributed by atoms with Crippen LogP contribution in [0.1, 0.15) is 201 Å². The van der Waals surface area contributed by atoms with Crippen LogP contribution in [0.5, 0.6) is 0 Å². The van der Waals surface area contributed by atoms with E-state index in [9.17, 15) is 47.9 Å². The van der Waals surface area contributed by atoms with Crippen molar-refractivity contribution in [3.63, 3.8) is 0 Å². The Morgan fingerprint density at radius 2 is 0.964 bits per heavy atom. The van der Waals surface area contributed by atoms with Crippen molar-refractivity contribution in [2.24, 2.45) is 41.4 Å². The average Bonchev–Trinajstić information content (AvgIpc) is 1.64. The SMILES string of the molecule is CC[C@H]1OC(=O)[C@@](C)(F)C(=O)[C@H](C)[C@@H](OC2O[C@H](C)C[C@H](N(C)C)[C@H]2OC(=O)c2ccccc2)[C@@](C)(OC)C[C@@H](C)C(=O)[C@H](C)C2N(CCCCn3cc(-c4cccc(N)c4)nn3)C(=O)O[C@@]21C.CC[C@H]1OC(=O)[C@H](C)C(=O)[C@H](C)[C@@H](OC2O[C@H](C)C[C@H](N(C)C)[C@H]2OC(=O)c2ccccc2)[C@@](C)(OC)C[C@@H](C)C(=O)[C@H](C)C2N(CCCCN3C=C(c4cccc(N)c4)NN3)C(=O)O[C@@]21C.O.O.O.O. The van der Waals surface area contributed by atoms with E-state index in [0.29, 0.717) is 79.8 Å². The molecule has 7 aliphatic heterocycles. The summed E-state index contributed by atoms with van der Waals surface area (Å²) in [5.74, 6) is -12.5. The molecule has 12 rings (SSSR count). The summed E-state index contributed by atoms with van der Waals surface area (Å²) in [5.41, 5.74) is 14.3. The molecular formula is C100H149FN12O26. The standard InChI is InChI=1S/C50H69FN6O11.C50H72N6O11.4H2O/c1-12-38-50(8)41(57(47(62)68-50)24-17-16-23-56-28-36(53-54-56)34-21-18-22-35(52)26-34)31(4)39(58)29(2)27-48(6,63-11)43(32(5)42(59)49(7,51)46(61)65-38)67-45-40(37(55(9)10)25-30(3)64-45)66-44(60)33-19-14-13-15-20-33;1-12-39-50(8)43(56(48(61)67-50)24-17-16-23-55-28-37(52-53-55)35-21-18-22-36(51)26-35)31(4)40(57)29(2)27-49(7,62-11)44(32(5)41(58)33(6)45(59)64-39)66-47-42(38(54(9)10)25-30(3)63-47)65-46(60)34-19-14-13-15-20-34;;;;/h13-15,18-22,26,28-32,37-38,40-41,43,45H,12,16-17,23-25,27,52H2,1-11H3;13-15,18-22,26,28-33,38-39,42-44,47,52-53H,12,16-17,23-25,27,51H2,1-11H3;4*1H2/t29-,30-,31+,32+,37+,38-,40-,41?,43-,45?,48+,49+,50-;29-,30-,31+,32+,33-,38+,39-,42-,43?,44-,47?,49+,50-;;;;/m11..../s1. The number of ketones is 4. The first-order valence-electron chi connectivity index (χ1n) is 47.2. The molecule has 0 radical (unpaired) electrons. The molecule has 6 saturated heterocycles. The van der Waals surface area contributed by atoms with Crippen molar-refractivity contribution in [1.82, 2.24) is 50.6 Å². The molecule has 0 spiro atoms. The summed E-state index contributed by atoms with van der Waals surface area (Å²) in [4.78, 5) is 150. The minimum atomic E-state index is -3.24. The van der Waals surface area contributed by atoms with Crippen molar-refractivity contribution in [3.05, 3.63) is 138 Å². The number of methoxy groups -OCH3 is 2. The number of ether oxygens (including phenoxy) is 12. The van der Waals surface area contributed by atoms with Crippen molar-refractivity contribution >= 4 is 76.3 Å². The van der Waals surface area contributed by atoms with Crippen LogP contribution in [0.3, 0.4) is 0 Å². The third-order valence-corrected chi connectivity index (χ3v) is 28.4. The first kappa shape index (κ1) is 115. The van der Waals surface area contributed by atoms with Crippen molar-refractivity contribution in [2.45, 2.75) is 295 Å². The third kappa shape index (κ3) is 25.7. The maximum Gasteiger partial charge on any atom is 0.410 e. The number of likely N-dealkylation sites (N-methyl/N-ethyl adjacent to an activating group) is 2. The van der Waals surface area contributed by atoms with Gasteiger partial charge in [-0.05, 0) is 196 Å². The molecule has 26 atom stereocenters. The van der Waals surface area contributed by atoms with Gasteiger partial charge in [0.2, 0.25) is 0 Å². The lowest BCUT2D eigenvalue weighted by Gasteiger charge is -2.48. The summed E-state index contributed by atoms with van der Waals surface area (Å²) in [7, 11) is 10.3. The smallest absolute Gasteiger partial charge is 0.410 e.